The SMILES string of the molecule is c1nc2cc(-c3ccc4oc(NC5CCCCC5)nc4c3)ccc2[nH]1. The highest BCUT2D eigenvalue weighted by Crippen LogP contribution is 2.29. The second-order valence-electron chi connectivity index (χ2n) is 6.82. The third-order valence-corrected chi connectivity index (χ3v) is 5.08. The topological polar surface area (TPSA) is 66.7 Å². The van der Waals surface area contributed by atoms with Crippen LogP contribution in [-0.4, -0.2) is 21.0 Å². The number of hydrogen-bond acceptors (Lipinski definition) is 4. The van der Waals surface area contributed by atoms with E-state index >= 15 is 0 Å². The average molecular weight is 332 g/mol. The van der Waals surface area contributed by atoms with Crippen molar-refractivity contribution in [3.63, 3.8) is 0 Å². The number of nitrogens with zero attached hydrogens (tertiary/aromatic N) is 2. The summed E-state index contributed by atoms with van der Waals surface area (Å²) in [6, 6.07) is 13.5. The van der Waals surface area contributed by atoms with Gasteiger partial charge in [0.25, 0.3) is 6.01 Å². The molecule has 2 aromatic carbocycles. The molecule has 2 aromatic heterocycles. The zero-order chi connectivity index (χ0) is 16.6. The summed E-state index contributed by atoms with van der Waals surface area (Å²) >= 11 is 0. The summed E-state index contributed by atoms with van der Waals surface area (Å²) in [7, 11) is 0. The Morgan fingerprint density at radius 1 is 0.960 bits per heavy atom. The van der Waals surface area contributed by atoms with E-state index in [1.54, 1.807) is 6.33 Å². The lowest BCUT2D eigenvalue weighted by Gasteiger charge is -2.21. The summed E-state index contributed by atoms with van der Waals surface area (Å²) in [4.78, 5) is 12.1. The molecule has 0 bridgehead atoms. The first-order chi connectivity index (χ1) is 12.3. The van der Waals surface area contributed by atoms with Crippen LogP contribution in [0.4, 0.5) is 6.01 Å². The van der Waals surface area contributed by atoms with Gasteiger partial charge in [-0.3, -0.25) is 0 Å². The summed E-state index contributed by atoms with van der Waals surface area (Å²) in [5.41, 5.74) is 5.98. The van der Waals surface area contributed by atoms with Crippen molar-refractivity contribution in [1.82, 2.24) is 15.0 Å². The Bertz CT molecular complexity index is 1030. The van der Waals surface area contributed by atoms with Gasteiger partial charge in [-0.2, -0.15) is 4.98 Å². The van der Waals surface area contributed by atoms with E-state index in [1.165, 1.54) is 32.1 Å². The van der Waals surface area contributed by atoms with E-state index in [0.717, 1.165) is 33.3 Å². The minimum Gasteiger partial charge on any atom is -0.424 e. The first-order valence-corrected chi connectivity index (χ1v) is 8.96. The number of aromatic nitrogens is 3. The average Bonchev–Trinajstić information content (AvgIpc) is 3.27. The van der Waals surface area contributed by atoms with Crippen molar-refractivity contribution in [3.8, 4) is 11.1 Å². The van der Waals surface area contributed by atoms with Gasteiger partial charge in [0.15, 0.2) is 5.58 Å². The molecule has 1 aliphatic carbocycles. The Kier molecular flexibility index (Phi) is 3.44. The minimum atomic E-state index is 0.489. The molecular weight excluding hydrogens is 312 g/mol. The molecule has 5 nitrogen and oxygen atoms in total. The predicted octanol–water partition coefficient (Wildman–Crippen LogP) is 5.12. The quantitative estimate of drug-likeness (QED) is 0.547. The molecule has 0 radical (unpaired) electrons. The maximum atomic E-state index is 5.88. The molecule has 5 heteroatoms. The fourth-order valence-corrected chi connectivity index (χ4v) is 3.70. The first kappa shape index (κ1) is 14.5. The largest absolute Gasteiger partial charge is 0.424 e. The van der Waals surface area contributed by atoms with Crippen molar-refractivity contribution in [1.29, 1.82) is 0 Å². The molecule has 25 heavy (non-hydrogen) atoms. The molecule has 0 amide bonds. The molecule has 0 unspecified atom stereocenters. The highest BCUT2D eigenvalue weighted by atomic mass is 16.4. The molecule has 2 N–H and O–H groups in total. The number of anilines is 1. The number of fused-ring (bicyclic) bond motifs is 2. The van der Waals surface area contributed by atoms with Crippen LogP contribution in [0.25, 0.3) is 33.3 Å². The summed E-state index contributed by atoms with van der Waals surface area (Å²) in [6.45, 7) is 0. The van der Waals surface area contributed by atoms with Crippen LogP contribution in [0.2, 0.25) is 0 Å². The minimum absolute atomic E-state index is 0.489. The van der Waals surface area contributed by atoms with Gasteiger partial charge in [-0.25, -0.2) is 4.98 Å². The van der Waals surface area contributed by atoms with Gasteiger partial charge in [0.1, 0.15) is 5.52 Å². The lowest BCUT2D eigenvalue weighted by atomic mass is 9.96. The van der Waals surface area contributed by atoms with Crippen molar-refractivity contribution < 1.29 is 4.42 Å². The Morgan fingerprint density at radius 2 is 1.76 bits per heavy atom. The molecule has 1 saturated carbocycles. The molecule has 0 saturated heterocycles. The van der Waals surface area contributed by atoms with Crippen LogP contribution < -0.4 is 5.32 Å². The van der Waals surface area contributed by atoms with Crippen LogP contribution in [0.3, 0.4) is 0 Å². The molecule has 4 aromatic rings. The molecule has 1 fully saturated rings. The van der Waals surface area contributed by atoms with Gasteiger partial charge in [-0.05, 0) is 48.2 Å². The smallest absolute Gasteiger partial charge is 0.295 e. The second kappa shape index (κ2) is 5.92. The van der Waals surface area contributed by atoms with Gasteiger partial charge in [0.05, 0.1) is 17.4 Å². The third-order valence-electron chi connectivity index (χ3n) is 5.08. The van der Waals surface area contributed by atoms with E-state index in [1.807, 2.05) is 6.07 Å². The monoisotopic (exact) mass is 332 g/mol. The van der Waals surface area contributed by atoms with E-state index in [9.17, 15) is 0 Å². The second-order valence-corrected chi connectivity index (χ2v) is 6.82. The van der Waals surface area contributed by atoms with E-state index in [0.29, 0.717) is 12.1 Å². The first-order valence-electron chi connectivity index (χ1n) is 8.96. The van der Waals surface area contributed by atoms with Gasteiger partial charge < -0.3 is 14.7 Å². The van der Waals surface area contributed by atoms with Crippen LogP contribution in [0.1, 0.15) is 32.1 Å². The van der Waals surface area contributed by atoms with Crippen molar-refractivity contribution in [2.45, 2.75) is 38.1 Å². The van der Waals surface area contributed by atoms with Crippen LogP contribution in [0.5, 0.6) is 0 Å². The third kappa shape index (κ3) is 2.76. The molecule has 0 atom stereocenters. The maximum Gasteiger partial charge on any atom is 0.295 e. The lowest BCUT2D eigenvalue weighted by molar-refractivity contribution is 0.451. The van der Waals surface area contributed by atoms with Crippen molar-refractivity contribution in [3.05, 3.63) is 42.7 Å². The van der Waals surface area contributed by atoms with Gasteiger partial charge in [-0.15, -0.1) is 0 Å². The van der Waals surface area contributed by atoms with Crippen LogP contribution >= 0.6 is 0 Å². The summed E-state index contributed by atoms with van der Waals surface area (Å²) in [6.07, 6.45) is 8.05. The zero-order valence-electron chi connectivity index (χ0n) is 14.0. The summed E-state index contributed by atoms with van der Waals surface area (Å²) < 4.78 is 5.88. The van der Waals surface area contributed by atoms with Gasteiger partial charge in [-0.1, -0.05) is 31.4 Å². The number of aromatic amines is 1. The highest BCUT2D eigenvalue weighted by molar-refractivity contribution is 5.85. The number of hydrogen-bond donors (Lipinski definition) is 2. The molecule has 1 aliphatic rings. The van der Waals surface area contributed by atoms with Crippen LogP contribution in [-0.2, 0) is 0 Å². The number of nitrogens with one attached hydrogen (secondary N) is 2. The Hall–Kier alpha value is -2.82. The molecule has 0 spiro atoms. The zero-order valence-corrected chi connectivity index (χ0v) is 14.0. The van der Waals surface area contributed by atoms with Gasteiger partial charge in [0.2, 0.25) is 0 Å². The Balaban J connectivity index is 1.46. The Labute approximate surface area is 145 Å². The standard InChI is InChI=1S/C20H20N4O/c1-2-4-15(5-3-1)23-20-24-18-11-14(7-9-19(18)25-20)13-6-8-16-17(10-13)22-12-21-16/h6-12,15H,1-5H2,(H,21,22)(H,23,24). The fraction of sp³-hybridized carbons (Fsp3) is 0.300. The van der Waals surface area contributed by atoms with Crippen molar-refractivity contribution in [2.24, 2.45) is 0 Å². The van der Waals surface area contributed by atoms with E-state index in [-0.39, 0.29) is 0 Å². The van der Waals surface area contributed by atoms with E-state index < -0.39 is 0 Å². The molecule has 5 rings (SSSR count). The summed E-state index contributed by atoms with van der Waals surface area (Å²) in [5, 5.41) is 3.46. The highest BCUT2D eigenvalue weighted by Gasteiger charge is 2.16. The van der Waals surface area contributed by atoms with Crippen LogP contribution in [0, 0.1) is 0 Å². The maximum absolute atomic E-state index is 5.88. The van der Waals surface area contributed by atoms with Crippen molar-refractivity contribution in [2.75, 3.05) is 5.32 Å². The fourth-order valence-electron chi connectivity index (χ4n) is 3.70. The number of benzene rings is 2. The number of oxazole rings is 1. The van der Waals surface area contributed by atoms with E-state index in [2.05, 4.69) is 50.6 Å². The molecule has 2 heterocycles. The molecule has 0 aliphatic heterocycles. The molecular formula is C20H20N4O. The molecule has 126 valence electrons. The van der Waals surface area contributed by atoms with E-state index in [4.69, 9.17) is 4.42 Å². The predicted molar refractivity (Wildman–Crippen MR) is 99.6 cm³/mol. The van der Waals surface area contributed by atoms with Gasteiger partial charge in [0, 0.05) is 6.04 Å². The number of rotatable bonds is 3. The Morgan fingerprint density at radius 3 is 2.64 bits per heavy atom. The van der Waals surface area contributed by atoms with Crippen molar-refractivity contribution >= 4 is 28.1 Å². The van der Waals surface area contributed by atoms with Crippen LogP contribution in [0.15, 0.2) is 47.1 Å². The normalized spacial score (nSPS) is 15.8. The lowest BCUT2D eigenvalue weighted by Crippen LogP contribution is -2.22. The number of H-pyrrole nitrogens is 1. The number of imidazole rings is 1. The summed E-state index contributed by atoms with van der Waals surface area (Å²) in [5.74, 6) is 0. The van der Waals surface area contributed by atoms with Gasteiger partial charge >= 0.3 is 0 Å².